The summed E-state index contributed by atoms with van der Waals surface area (Å²) in [4.78, 5) is 29.4. The summed E-state index contributed by atoms with van der Waals surface area (Å²) in [6.07, 6.45) is 2.00. The van der Waals surface area contributed by atoms with Crippen LogP contribution in [0.2, 0.25) is 0 Å². The summed E-state index contributed by atoms with van der Waals surface area (Å²) in [6, 6.07) is 5.68. The van der Waals surface area contributed by atoms with Crippen LogP contribution < -0.4 is 10.2 Å². The van der Waals surface area contributed by atoms with Crippen LogP contribution in [0, 0.1) is 11.6 Å². The van der Waals surface area contributed by atoms with E-state index in [0.717, 1.165) is 56.5 Å². The van der Waals surface area contributed by atoms with Crippen molar-refractivity contribution in [3.8, 4) is 0 Å². The molecule has 2 amide bonds. The van der Waals surface area contributed by atoms with Crippen molar-refractivity contribution in [2.24, 2.45) is 0 Å². The molecule has 5 rings (SSSR count). The standard InChI is InChI=1S/C22H27F2N5O.C5H9NO/c1-14-11-28(7-6-25-14)12-20(30)29-13-22(2,3)21-19(29)10-17(26-27-21)8-15-4-5-16(23)9-18(15)24;1-6-4-2-3-5(6)7/h4-5,9-10,14,25H,6-8,11-13H2,1-3H3;2-4H2,1H3/t14-;/m1./s1. The number of fused-ring (bicyclic) bond motifs is 1. The smallest absolute Gasteiger partial charge is 0.241 e. The molecule has 1 aromatic heterocycles. The quantitative estimate of drug-likeness (QED) is 0.676. The van der Waals surface area contributed by atoms with Crippen molar-refractivity contribution in [1.82, 2.24) is 25.3 Å². The lowest BCUT2D eigenvalue weighted by Gasteiger charge is -2.32. The maximum Gasteiger partial charge on any atom is 0.241 e. The summed E-state index contributed by atoms with van der Waals surface area (Å²) in [5.74, 6) is -0.904. The molecular weight excluding hydrogens is 478 g/mol. The molecule has 0 saturated carbocycles. The highest BCUT2D eigenvalue weighted by Crippen LogP contribution is 2.39. The van der Waals surface area contributed by atoms with Crippen molar-refractivity contribution >= 4 is 17.5 Å². The molecule has 1 aromatic carbocycles. The Morgan fingerprint density at radius 1 is 1.19 bits per heavy atom. The van der Waals surface area contributed by atoms with Crippen LogP contribution in [0.3, 0.4) is 0 Å². The highest BCUT2D eigenvalue weighted by atomic mass is 19.1. The Balaban J connectivity index is 0.000000396. The van der Waals surface area contributed by atoms with E-state index in [0.29, 0.717) is 36.3 Å². The Morgan fingerprint density at radius 2 is 1.97 bits per heavy atom. The third kappa shape index (κ3) is 6.48. The highest BCUT2D eigenvalue weighted by molar-refractivity contribution is 5.97. The molecule has 3 aliphatic heterocycles. The first kappa shape index (κ1) is 27.1. The van der Waals surface area contributed by atoms with Gasteiger partial charge in [-0.15, -0.1) is 0 Å². The van der Waals surface area contributed by atoms with E-state index in [4.69, 9.17) is 0 Å². The first-order valence-electron chi connectivity index (χ1n) is 12.8. The number of piperazine rings is 1. The summed E-state index contributed by atoms with van der Waals surface area (Å²) in [5.41, 5.74) is 2.09. The number of carbonyl (C=O) groups is 2. The first-order chi connectivity index (χ1) is 17.5. The number of aromatic nitrogens is 2. The Morgan fingerprint density at radius 3 is 2.59 bits per heavy atom. The number of anilines is 1. The monoisotopic (exact) mass is 514 g/mol. The Kier molecular flexibility index (Phi) is 8.18. The second-order valence-corrected chi connectivity index (χ2v) is 10.9. The molecule has 8 nitrogen and oxygen atoms in total. The zero-order valence-corrected chi connectivity index (χ0v) is 22.1. The molecule has 2 aromatic rings. The number of rotatable bonds is 4. The Labute approximate surface area is 217 Å². The molecule has 37 heavy (non-hydrogen) atoms. The third-order valence-electron chi connectivity index (χ3n) is 7.12. The molecule has 4 heterocycles. The van der Waals surface area contributed by atoms with E-state index in [2.05, 4.69) is 27.3 Å². The normalized spacial score (nSPS) is 21.0. The van der Waals surface area contributed by atoms with Crippen LogP contribution in [-0.2, 0) is 21.4 Å². The molecule has 1 atom stereocenters. The van der Waals surface area contributed by atoms with E-state index in [1.54, 1.807) is 9.80 Å². The second kappa shape index (κ2) is 11.2. The van der Waals surface area contributed by atoms with Gasteiger partial charge in [0, 0.05) is 70.1 Å². The maximum atomic E-state index is 14.1. The molecule has 1 N–H and O–H groups in total. The number of nitrogens with one attached hydrogen (secondary N) is 1. The summed E-state index contributed by atoms with van der Waals surface area (Å²) in [5, 5.41) is 12.0. The van der Waals surface area contributed by atoms with Crippen molar-refractivity contribution in [3.63, 3.8) is 0 Å². The largest absolute Gasteiger partial charge is 0.346 e. The second-order valence-electron chi connectivity index (χ2n) is 10.9. The van der Waals surface area contributed by atoms with Gasteiger partial charge in [-0.1, -0.05) is 19.9 Å². The molecule has 3 aliphatic rings. The highest BCUT2D eigenvalue weighted by Gasteiger charge is 2.40. The van der Waals surface area contributed by atoms with E-state index in [9.17, 15) is 18.4 Å². The molecule has 2 fully saturated rings. The van der Waals surface area contributed by atoms with Gasteiger partial charge in [-0.25, -0.2) is 8.78 Å². The molecule has 10 heteroatoms. The molecular formula is C27H36F2N6O2. The van der Waals surface area contributed by atoms with Crippen molar-refractivity contribution < 1.29 is 18.4 Å². The van der Waals surface area contributed by atoms with Crippen molar-refractivity contribution in [1.29, 1.82) is 0 Å². The lowest BCUT2D eigenvalue weighted by atomic mass is 9.91. The number of nitrogens with zero attached hydrogens (tertiary/aromatic N) is 5. The van der Waals surface area contributed by atoms with Crippen molar-refractivity contribution in [3.05, 3.63) is 52.9 Å². The number of amides is 2. The lowest BCUT2D eigenvalue weighted by Crippen LogP contribution is -2.52. The average Bonchev–Trinajstić information content (AvgIpc) is 3.34. The summed E-state index contributed by atoms with van der Waals surface area (Å²) >= 11 is 0. The summed E-state index contributed by atoms with van der Waals surface area (Å²) in [7, 11) is 1.84. The van der Waals surface area contributed by atoms with E-state index in [1.807, 2.05) is 27.0 Å². The molecule has 0 aliphatic carbocycles. The van der Waals surface area contributed by atoms with Gasteiger partial charge in [0.25, 0.3) is 0 Å². The molecule has 0 spiro atoms. The molecule has 0 bridgehead atoms. The number of likely N-dealkylation sites (tertiary alicyclic amines) is 1. The fourth-order valence-corrected chi connectivity index (χ4v) is 5.05. The van der Waals surface area contributed by atoms with Gasteiger partial charge >= 0.3 is 0 Å². The van der Waals surface area contributed by atoms with Crippen molar-refractivity contribution in [2.75, 3.05) is 51.2 Å². The molecule has 0 radical (unpaired) electrons. The van der Waals surface area contributed by atoms with Gasteiger partial charge in [-0.05, 0) is 31.0 Å². The van der Waals surface area contributed by atoms with Gasteiger partial charge in [0.1, 0.15) is 11.6 Å². The molecule has 200 valence electrons. The zero-order valence-electron chi connectivity index (χ0n) is 22.1. The number of halogens is 2. The summed E-state index contributed by atoms with van der Waals surface area (Å²) < 4.78 is 27.3. The number of hydrogen-bond donors (Lipinski definition) is 1. The molecule has 0 unspecified atom stereocenters. The Hall–Kier alpha value is -2.98. The predicted octanol–water partition coefficient (Wildman–Crippen LogP) is 2.50. The SMILES string of the molecule is CN1CCCC1=O.C[C@@H]1CN(CC(=O)N2CC(C)(C)c3nnc(Cc4ccc(F)cc4F)cc32)CCN1. The minimum atomic E-state index is -0.614. The predicted molar refractivity (Wildman–Crippen MR) is 137 cm³/mol. The van der Waals surface area contributed by atoms with Gasteiger partial charge in [-0.3, -0.25) is 14.5 Å². The minimum Gasteiger partial charge on any atom is -0.346 e. The number of hydrogen-bond acceptors (Lipinski definition) is 6. The van der Waals surface area contributed by atoms with Crippen LogP contribution in [0.1, 0.15) is 50.6 Å². The number of benzene rings is 1. The Bertz CT molecular complexity index is 1160. The van der Waals surface area contributed by atoms with Crippen LogP contribution in [0.25, 0.3) is 0 Å². The van der Waals surface area contributed by atoms with E-state index in [-0.39, 0.29) is 17.7 Å². The van der Waals surface area contributed by atoms with Gasteiger partial charge in [0.15, 0.2) is 0 Å². The van der Waals surface area contributed by atoms with Crippen LogP contribution in [0.15, 0.2) is 24.3 Å². The van der Waals surface area contributed by atoms with Crippen molar-refractivity contribution in [2.45, 2.75) is 51.5 Å². The van der Waals surface area contributed by atoms with Gasteiger partial charge < -0.3 is 15.1 Å². The third-order valence-corrected chi connectivity index (χ3v) is 7.12. The van der Waals surface area contributed by atoms with Crippen LogP contribution >= 0.6 is 0 Å². The van der Waals surface area contributed by atoms with Gasteiger partial charge in [-0.2, -0.15) is 10.2 Å². The summed E-state index contributed by atoms with van der Waals surface area (Å²) in [6.45, 7) is 10.6. The lowest BCUT2D eigenvalue weighted by molar-refractivity contribution is -0.126. The maximum absolute atomic E-state index is 14.1. The minimum absolute atomic E-state index is 0.0304. The van der Waals surface area contributed by atoms with E-state index >= 15 is 0 Å². The topological polar surface area (TPSA) is 81.7 Å². The fourth-order valence-electron chi connectivity index (χ4n) is 5.05. The van der Waals surface area contributed by atoms with Crippen LogP contribution in [0.5, 0.6) is 0 Å². The van der Waals surface area contributed by atoms with Crippen LogP contribution in [-0.4, -0.2) is 84.2 Å². The van der Waals surface area contributed by atoms with E-state index < -0.39 is 11.6 Å². The fraction of sp³-hybridized carbons (Fsp3) is 0.556. The van der Waals surface area contributed by atoms with Gasteiger partial charge in [0.2, 0.25) is 11.8 Å². The van der Waals surface area contributed by atoms with Gasteiger partial charge in [0.05, 0.1) is 23.6 Å². The zero-order chi connectivity index (χ0) is 26.7. The number of carbonyl (C=O) groups excluding carboxylic acids is 2. The average molecular weight is 515 g/mol. The van der Waals surface area contributed by atoms with Crippen LogP contribution in [0.4, 0.5) is 14.5 Å². The van der Waals surface area contributed by atoms with E-state index in [1.165, 1.54) is 12.1 Å². The first-order valence-corrected chi connectivity index (χ1v) is 12.8. The molecule has 2 saturated heterocycles.